The lowest BCUT2D eigenvalue weighted by Crippen LogP contribution is -2.40. The van der Waals surface area contributed by atoms with Crippen molar-refractivity contribution in [3.8, 4) is 12.3 Å². The van der Waals surface area contributed by atoms with Crippen LogP contribution in [0.4, 0.5) is 0 Å². The number of hydrogen-bond donors (Lipinski definition) is 2. The lowest BCUT2D eigenvalue weighted by molar-refractivity contribution is -0.138. The summed E-state index contributed by atoms with van der Waals surface area (Å²) in [5.74, 6) is 0.707. The topological polar surface area (TPSA) is 83.5 Å². The molecule has 0 aromatic heterocycles. The van der Waals surface area contributed by atoms with Gasteiger partial charge in [-0.05, 0) is 18.2 Å². The average molecular weight is 322 g/mol. The molecular formula is C11H9Cl2NO4S. The molecule has 1 aromatic carbocycles. The number of sulfonamides is 1. The van der Waals surface area contributed by atoms with Gasteiger partial charge in [-0.25, -0.2) is 8.42 Å². The zero-order valence-electron chi connectivity index (χ0n) is 9.43. The molecule has 0 amide bonds. The molecule has 0 spiro atoms. The van der Waals surface area contributed by atoms with E-state index in [1.54, 1.807) is 0 Å². The van der Waals surface area contributed by atoms with Crippen molar-refractivity contribution >= 4 is 39.2 Å². The van der Waals surface area contributed by atoms with E-state index in [1.165, 1.54) is 12.1 Å². The summed E-state index contributed by atoms with van der Waals surface area (Å²) in [5.41, 5.74) is 0. The van der Waals surface area contributed by atoms with Crippen molar-refractivity contribution in [1.82, 2.24) is 4.72 Å². The van der Waals surface area contributed by atoms with Crippen molar-refractivity contribution in [2.24, 2.45) is 0 Å². The van der Waals surface area contributed by atoms with Gasteiger partial charge in [0.1, 0.15) is 10.9 Å². The minimum atomic E-state index is -4.12. The standard InChI is InChI=1S/C11H9Cl2NO4S/c1-2-3-9(11(15)16)14-19(17,18)10-6-7(12)4-5-8(10)13/h1,4-6,9,14H,3H2,(H,15,16). The van der Waals surface area contributed by atoms with Crippen LogP contribution in [-0.4, -0.2) is 25.5 Å². The molecule has 0 saturated carbocycles. The van der Waals surface area contributed by atoms with E-state index in [9.17, 15) is 13.2 Å². The Kier molecular flexibility index (Phi) is 5.20. The summed E-state index contributed by atoms with van der Waals surface area (Å²) in [6, 6.07) is 2.42. The third-order valence-electron chi connectivity index (χ3n) is 2.10. The van der Waals surface area contributed by atoms with Crippen molar-refractivity contribution in [2.45, 2.75) is 17.4 Å². The van der Waals surface area contributed by atoms with Gasteiger partial charge in [0.2, 0.25) is 10.0 Å². The quantitative estimate of drug-likeness (QED) is 0.809. The van der Waals surface area contributed by atoms with Crippen LogP contribution in [0.3, 0.4) is 0 Å². The third kappa shape index (κ3) is 4.11. The van der Waals surface area contributed by atoms with E-state index in [0.29, 0.717) is 0 Å². The molecule has 2 N–H and O–H groups in total. The number of rotatable bonds is 5. The highest BCUT2D eigenvalue weighted by molar-refractivity contribution is 7.89. The molecule has 0 saturated heterocycles. The lowest BCUT2D eigenvalue weighted by atomic mass is 10.2. The second-order valence-electron chi connectivity index (χ2n) is 3.50. The molecule has 0 bridgehead atoms. The predicted molar refractivity (Wildman–Crippen MR) is 71.7 cm³/mol. The molecular weight excluding hydrogens is 313 g/mol. The zero-order chi connectivity index (χ0) is 14.6. The van der Waals surface area contributed by atoms with Gasteiger partial charge in [-0.15, -0.1) is 12.3 Å². The molecule has 1 unspecified atom stereocenters. The summed E-state index contributed by atoms with van der Waals surface area (Å²) < 4.78 is 26.0. The highest BCUT2D eigenvalue weighted by Crippen LogP contribution is 2.25. The first-order chi connectivity index (χ1) is 8.77. The Morgan fingerprint density at radius 2 is 2.11 bits per heavy atom. The van der Waals surface area contributed by atoms with E-state index in [-0.39, 0.29) is 21.4 Å². The molecule has 0 radical (unpaired) electrons. The van der Waals surface area contributed by atoms with Crippen LogP contribution in [0, 0.1) is 12.3 Å². The maximum absolute atomic E-state index is 12.0. The molecule has 1 rings (SSSR count). The van der Waals surface area contributed by atoms with Crippen LogP contribution in [0.5, 0.6) is 0 Å². The summed E-state index contributed by atoms with van der Waals surface area (Å²) in [4.78, 5) is 10.6. The number of halogens is 2. The van der Waals surface area contributed by atoms with E-state index < -0.39 is 22.0 Å². The maximum atomic E-state index is 12.0. The number of benzene rings is 1. The first-order valence-electron chi connectivity index (χ1n) is 4.91. The van der Waals surface area contributed by atoms with E-state index in [1.807, 2.05) is 4.72 Å². The minimum Gasteiger partial charge on any atom is -0.480 e. The van der Waals surface area contributed by atoms with Gasteiger partial charge in [-0.3, -0.25) is 4.79 Å². The van der Waals surface area contributed by atoms with Crippen LogP contribution in [-0.2, 0) is 14.8 Å². The molecule has 1 atom stereocenters. The summed E-state index contributed by atoms with van der Waals surface area (Å²) in [5, 5.41) is 8.95. The van der Waals surface area contributed by atoms with E-state index in [0.717, 1.165) is 6.07 Å². The number of carboxylic acid groups (broad SMARTS) is 1. The van der Waals surface area contributed by atoms with Crippen molar-refractivity contribution in [3.63, 3.8) is 0 Å². The second kappa shape index (κ2) is 6.26. The van der Waals surface area contributed by atoms with E-state index >= 15 is 0 Å². The zero-order valence-corrected chi connectivity index (χ0v) is 11.8. The van der Waals surface area contributed by atoms with Gasteiger partial charge < -0.3 is 5.11 Å². The van der Waals surface area contributed by atoms with Crippen LogP contribution in [0.25, 0.3) is 0 Å². The van der Waals surface area contributed by atoms with Gasteiger partial charge in [-0.2, -0.15) is 4.72 Å². The lowest BCUT2D eigenvalue weighted by Gasteiger charge is -2.13. The maximum Gasteiger partial charge on any atom is 0.322 e. The van der Waals surface area contributed by atoms with Gasteiger partial charge in [0.15, 0.2) is 0 Å². The van der Waals surface area contributed by atoms with Crippen molar-refractivity contribution in [1.29, 1.82) is 0 Å². The van der Waals surface area contributed by atoms with Crippen molar-refractivity contribution in [2.75, 3.05) is 0 Å². The molecule has 5 nitrogen and oxygen atoms in total. The fraction of sp³-hybridized carbons (Fsp3) is 0.182. The Labute approximate surface area is 120 Å². The smallest absolute Gasteiger partial charge is 0.322 e. The van der Waals surface area contributed by atoms with Crippen LogP contribution >= 0.6 is 23.2 Å². The van der Waals surface area contributed by atoms with Gasteiger partial charge in [0.25, 0.3) is 0 Å². The van der Waals surface area contributed by atoms with Crippen LogP contribution in [0.15, 0.2) is 23.1 Å². The third-order valence-corrected chi connectivity index (χ3v) is 4.29. The van der Waals surface area contributed by atoms with Gasteiger partial charge in [0, 0.05) is 11.4 Å². The summed E-state index contributed by atoms with van der Waals surface area (Å²) in [6.45, 7) is 0. The first kappa shape index (κ1) is 15.8. The largest absolute Gasteiger partial charge is 0.480 e. The molecule has 102 valence electrons. The number of nitrogens with one attached hydrogen (secondary N) is 1. The van der Waals surface area contributed by atoms with Gasteiger partial charge >= 0.3 is 5.97 Å². The number of carbonyl (C=O) groups is 1. The molecule has 19 heavy (non-hydrogen) atoms. The summed E-state index contributed by atoms with van der Waals surface area (Å²) in [6.07, 6.45) is 4.70. The molecule has 0 aliphatic carbocycles. The average Bonchev–Trinajstić information content (AvgIpc) is 2.31. The highest BCUT2D eigenvalue weighted by atomic mass is 35.5. The van der Waals surface area contributed by atoms with Crippen LogP contribution in [0.1, 0.15) is 6.42 Å². The Balaban J connectivity index is 3.14. The van der Waals surface area contributed by atoms with Gasteiger partial charge in [0.05, 0.1) is 5.02 Å². The normalized spacial score (nSPS) is 12.7. The Morgan fingerprint density at radius 1 is 1.47 bits per heavy atom. The second-order valence-corrected chi connectivity index (χ2v) is 6.02. The Bertz CT molecular complexity index is 637. The number of carboxylic acids is 1. The van der Waals surface area contributed by atoms with E-state index in [4.69, 9.17) is 34.7 Å². The molecule has 0 aliphatic rings. The van der Waals surface area contributed by atoms with Gasteiger partial charge in [-0.1, -0.05) is 23.2 Å². The molecule has 0 aliphatic heterocycles. The molecule has 0 heterocycles. The van der Waals surface area contributed by atoms with Crippen LogP contribution in [0.2, 0.25) is 10.0 Å². The Morgan fingerprint density at radius 3 is 2.63 bits per heavy atom. The predicted octanol–water partition coefficient (Wildman–Crippen LogP) is 1.75. The fourth-order valence-corrected chi connectivity index (χ4v) is 3.18. The monoisotopic (exact) mass is 321 g/mol. The first-order valence-corrected chi connectivity index (χ1v) is 7.15. The molecule has 0 fully saturated rings. The molecule has 1 aromatic rings. The van der Waals surface area contributed by atoms with Crippen molar-refractivity contribution < 1.29 is 18.3 Å². The number of hydrogen-bond acceptors (Lipinski definition) is 3. The summed E-state index contributed by atoms with van der Waals surface area (Å²) >= 11 is 11.4. The summed E-state index contributed by atoms with van der Waals surface area (Å²) in [7, 11) is -4.12. The Hall–Kier alpha value is -1.26. The number of aliphatic carboxylic acids is 1. The SMILES string of the molecule is C#CCC(NS(=O)(=O)c1cc(Cl)ccc1Cl)C(=O)O. The highest BCUT2D eigenvalue weighted by Gasteiger charge is 2.26. The van der Waals surface area contributed by atoms with E-state index in [2.05, 4.69) is 5.92 Å². The molecule has 8 heteroatoms. The minimum absolute atomic E-state index is 0.0678. The van der Waals surface area contributed by atoms with Crippen molar-refractivity contribution in [3.05, 3.63) is 28.2 Å². The van der Waals surface area contributed by atoms with Crippen LogP contribution < -0.4 is 4.72 Å². The fourth-order valence-electron chi connectivity index (χ4n) is 1.23. The number of terminal acetylenes is 1.